The van der Waals surface area contributed by atoms with Crippen LogP contribution >= 0.6 is 11.8 Å². The minimum absolute atomic E-state index is 0.0209. The van der Waals surface area contributed by atoms with Gasteiger partial charge in [-0.1, -0.05) is 18.2 Å². The second kappa shape index (κ2) is 4.05. The van der Waals surface area contributed by atoms with E-state index in [1.165, 1.54) is 0 Å². The molecule has 0 N–H and O–H groups in total. The maximum Gasteiger partial charge on any atom is 0.319 e. The molecular weight excluding hydrogens is 196 g/mol. The summed E-state index contributed by atoms with van der Waals surface area (Å²) < 4.78 is 5.09. The van der Waals surface area contributed by atoms with Crippen molar-refractivity contribution in [1.82, 2.24) is 0 Å². The Morgan fingerprint density at radius 2 is 2.07 bits per heavy atom. The van der Waals surface area contributed by atoms with Crippen molar-refractivity contribution in [3.63, 3.8) is 0 Å². The molecule has 0 bridgehead atoms. The van der Waals surface area contributed by atoms with Crippen molar-refractivity contribution in [1.29, 1.82) is 0 Å². The van der Waals surface area contributed by atoms with Gasteiger partial charge in [0.1, 0.15) is 11.4 Å². The molecule has 2 atom stereocenters. The van der Waals surface area contributed by atoms with Crippen LogP contribution in [-0.4, -0.2) is 17.3 Å². The number of cyclic esters (lactones) is 1. The maximum absolute atomic E-state index is 11.3. The average Bonchev–Trinajstić information content (AvgIpc) is 2.47. The van der Waals surface area contributed by atoms with Gasteiger partial charge in [-0.15, -0.1) is 11.8 Å². The van der Waals surface area contributed by atoms with Gasteiger partial charge in [-0.05, 0) is 19.1 Å². The van der Waals surface area contributed by atoms with Crippen molar-refractivity contribution >= 4 is 17.7 Å². The summed E-state index contributed by atoms with van der Waals surface area (Å²) in [6, 6.07) is 9.96. The van der Waals surface area contributed by atoms with Gasteiger partial charge in [0.2, 0.25) is 0 Å². The second-order valence-electron chi connectivity index (χ2n) is 3.40. The van der Waals surface area contributed by atoms with Crippen molar-refractivity contribution in [2.75, 3.05) is 0 Å². The Kier molecular flexibility index (Phi) is 2.77. The number of hydrogen-bond acceptors (Lipinski definition) is 3. The summed E-state index contributed by atoms with van der Waals surface area (Å²) in [5.74, 6) is -0.0775. The lowest BCUT2D eigenvalue weighted by Gasteiger charge is -2.04. The van der Waals surface area contributed by atoms with E-state index < -0.39 is 0 Å². The molecule has 3 heteroatoms. The lowest BCUT2D eigenvalue weighted by Crippen LogP contribution is -2.08. The highest BCUT2D eigenvalue weighted by Crippen LogP contribution is 2.31. The summed E-state index contributed by atoms with van der Waals surface area (Å²) in [7, 11) is 0. The Morgan fingerprint density at radius 3 is 2.64 bits per heavy atom. The lowest BCUT2D eigenvalue weighted by molar-refractivity contribution is -0.140. The van der Waals surface area contributed by atoms with Crippen molar-refractivity contribution < 1.29 is 9.53 Å². The predicted molar refractivity (Wildman–Crippen MR) is 56.3 cm³/mol. The van der Waals surface area contributed by atoms with Crippen molar-refractivity contribution in [3.05, 3.63) is 30.3 Å². The summed E-state index contributed by atoms with van der Waals surface area (Å²) in [5.41, 5.74) is 0. The van der Waals surface area contributed by atoms with Gasteiger partial charge in [0.05, 0.1) is 0 Å². The topological polar surface area (TPSA) is 26.3 Å². The molecular formula is C11H12O2S. The average molecular weight is 208 g/mol. The first-order valence-corrected chi connectivity index (χ1v) is 5.56. The van der Waals surface area contributed by atoms with E-state index in [0.29, 0.717) is 0 Å². The molecule has 1 saturated heterocycles. The van der Waals surface area contributed by atoms with Crippen molar-refractivity contribution in [2.24, 2.45) is 0 Å². The highest BCUT2D eigenvalue weighted by molar-refractivity contribution is 8.00. The standard InChI is InChI=1S/C11H12O2S/c1-8-7-10(11(12)13-8)14-9-5-3-2-4-6-9/h2-6,8,10H,7H2,1H3/t8-,10+/m0/s1. The van der Waals surface area contributed by atoms with Crippen LogP contribution in [-0.2, 0) is 9.53 Å². The van der Waals surface area contributed by atoms with Crippen LogP contribution in [0.4, 0.5) is 0 Å². The van der Waals surface area contributed by atoms with Crippen LogP contribution in [0, 0.1) is 0 Å². The quantitative estimate of drug-likeness (QED) is 0.698. The number of ether oxygens (including phenoxy) is 1. The molecule has 1 fully saturated rings. The third kappa shape index (κ3) is 2.10. The number of benzene rings is 1. The highest BCUT2D eigenvalue weighted by atomic mass is 32.2. The lowest BCUT2D eigenvalue weighted by atomic mass is 10.3. The highest BCUT2D eigenvalue weighted by Gasteiger charge is 2.32. The zero-order chi connectivity index (χ0) is 9.97. The second-order valence-corrected chi connectivity index (χ2v) is 4.68. The molecule has 2 nitrogen and oxygen atoms in total. The van der Waals surface area contributed by atoms with Gasteiger partial charge in [0.25, 0.3) is 0 Å². The fraction of sp³-hybridized carbons (Fsp3) is 0.364. The largest absolute Gasteiger partial charge is 0.462 e. The molecule has 1 aromatic carbocycles. The molecule has 0 aliphatic carbocycles. The molecule has 1 aliphatic heterocycles. The smallest absolute Gasteiger partial charge is 0.319 e. The van der Waals surface area contributed by atoms with Gasteiger partial charge in [-0.2, -0.15) is 0 Å². The first kappa shape index (κ1) is 9.59. The van der Waals surface area contributed by atoms with Gasteiger partial charge in [-0.3, -0.25) is 4.79 Å². The van der Waals surface area contributed by atoms with Gasteiger partial charge in [0, 0.05) is 11.3 Å². The Hall–Kier alpha value is -0.960. The van der Waals surface area contributed by atoms with Crippen molar-refractivity contribution in [2.45, 2.75) is 29.6 Å². The number of thioether (sulfide) groups is 1. The summed E-state index contributed by atoms with van der Waals surface area (Å²) in [6.45, 7) is 1.93. The molecule has 0 amide bonds. The monoisotopic (exact) mass is 208 g/mol. The molecule has 0 unspecified atom stereocenters. The van der Waals surface area contributed by atoms with Crippen LogP contribution < -0.4 is 0 Å². The van der Waals surface area contributed by atoms with E-state index in [-0.39, 0.29) is 17.3 Å². The van der Waals surface area contributed by atoms with Crippen LogP contribution in [0.5, 0.6) is 0 Å². The van der Waals surface area contributed by atoms with E-state index in [0.717, 1.165) is 11.3 Å². The maximum atomic E-state index is 11.3. The molecule has 1 heterocycles. The van der Waals surface area contributed by atoms with Gasteiger partial charge in [0.15, 0.2) is 0 Å². The van der Waals surface area contributed by atoms with E-state index in [9.17, 15) is 4.79 Å². The fourth-order valence-electron chi connectivity index (χ4n) is 1.48. The van der Waals surface area contributed by atoms with Crippen LogP contribution in [0.25, 0.3) is 0 Å². The number of carbonyl (C=O) groups excluding carboxylic acids is 1. The third-order valence-corrected chi connectivity index (χ3v) is 3.36. The van der Waals surface area contributed by atoms with Crippen LogP contribution in [0.3, 0.4) is 0 Å². The normalized spacial score (nSPS) is 26.2. The SMILES string of the molecule is C[C@H]1C[C@@H](Sc2ccccc2)C(=O)O1. The minimum Gasteiger partial charge on any atom is -0.462 e. The molecule has 0 saturated carbocycles. The van der Waals surface area contributed by atoms with Gasteiger partial charge in [-0.25, -0.2) is 0 Å². The molecule has 74 valence electrons. The zero-order valence-corrected chi connectivity index (χ0v) is 8.79. The molecule has 1 aromatic rings. The number of hydrogen-bond donors (Lipinski definition) is 0. The van der Waals surface area contributed by atoms with Crippen molar-refractivity contribution in [3.8, 4) is 0 Å². The zero-order valence-electron chi connectivity index (χ0n) is 7.97. The first-order valence-electron chi connectivity index (χ1n) is 4.68. The van der Waals surface area contributed by atoms with Crippen LogP contribution in [0.2, 0.25) is 0 Å². The molecule has 0 aromatic heterocycles. The Balaban J connectivity index is 2.02. The van der Waals surface area contributed by atoms with E-state index >= 15 is 0 Å². The third-order valence-electron chi connectivity index (χ3n) is 2.15. The number of carbonyl (C=O) groups is 1. The summed E-state index contributed by atoms with van der Waals surface area (Å²) in [4.78, 5) is 12.5. The number of rotatable bonds is 2. The van der Waals surface area contributed by atoms with E-state index in [2.05, 4.69) is 0 Å². The Bertz CT molecular complexity index is 323. The minimum atomic E-state index is -0.0775. The summed E-state index contributed by atoms with van der Waals surface area (Å²) >= 11 is 1.59. The van der Waals surface area contributed by atoms with Crippen LogP contribution in [0.1, 0.15) is 13.3 Å². The van der Waals surface area contributed by atoms with Gasteiger partial charge < -0.3 is 4.74 Å². The van der Waals surface area contributed by atoms with Crippen LogP contribution in [0.15, 0.2) is 35.2 Å². The molecule has 0 spiro atoms. The fourth-order valence-corrected chi connectivity index (χ4v) is 2.64. The van der Waals surface area contributed by atoms with E-state index in [1.807, 2.05) is 37.3 Å². The van der Waals surface area contributed by atoms with E-state index in [4.69, 9.17) is 4.74 Å². The molecule has 1 aliphatic rings. The first-order chi connectivity index (χ1) is 6.75. The van der Waals surface area contributed by atoms with E-state index in [1.54, 1.807) is 11.8 Å². The number of esters is 1. The molecule has 14 heavy (non-hydrogen) atoms. The molecule has 0 radical (unpaired) electrons. The Labute approximate surface area is 87.6 Å². The summed E-state index contributed by atoms with van der Waals surface area (Å²) in [5, 5.41) is -0.0209. The Morgan fingerprint density at radius 1 is 1.36 bits per heavy atom. The van der Waals surface area contributed by atoms with Gasteiger partial charge >= 0.3 is 5.97 Å². The molecule has 2 rings (SSSR count). The summed E-state index contributed by atoms with van der Waals surface area (Å²) in [6.07, 6.45) is 0.891. The predicted octanol–water partition coefficient (Wildman–Crippen LogP) is 2.48.